The second-order valence-electron chi connectivity index (χ2n) is 8.38. The van der Waals surface area contributed by atoms with Gasteiger partial charge in [0, 0.05) is 39.5 Å². The van der Waals surface area contributed by atoms with Crippen LogP contribution in [-0.4, -0.2) is 21.6 Å². The van der Waals surface area contributed by atoms with E-state index >= 15 is 0 Å². The number of carbonyl (C=O) groups is 1. The number of halogens is 2. The van der Waals surface area contributed by atoms with Crippen LogP contribution in [0, 0.1) is 12.7 Å². The first-order chi connectivity index (χ1) is 16.5. The highest BCUT2D eigenvalue weighted by Crippen LogP contribution is 2.40. The van der Waals surface area contributed by atoms with Crippen LogP contribution in [0.4, 0.5) is 4.39 Å². The number of pyridine rings is 1. The molecule has 1 atom stereocenters. The summed E-state index contributed by atoms with van der Waals surface area (Å²) < 4.78 is 14.6. The third-order valence-corrected chi connectivity index (χ3v) is 6.70. The van der Waals surface area contributed by atoms with E-state index in [2.05, 4.69) is 34.1 Å². The lowest BCUT2D eigenvalue weighted by Gasteiger charge is -2.21. The SMILES string of the molecule is CCC(=O)N1N=C(c2c(C)nc3ccc(Br)cc3c2-c2ccccc2)C[C@@H]1c1ccc(F)cc1. The van der Waals surface area contributed by atoms with Crippen LogP contribution in [0.25, 0.3) is 22.0 Å². The number of aromatic nitrogens is 1. The van der Waals surface area contributed by atoms with Crippen LogP contribution in [0.2, 0.25) is 0 Å². The maximum absolute atomic E-state index is 13.6. The summed E-state index contributed by atoms with van der Waals surface area (Å²) in [6.45, 7) is 3.82. The molecule has 4 nitrogen and oxygen atoms in total. The van der Waals surface area contributed by atoms with Gasteiger partial charge in [-0.15, -0.1) is 0 Å². The number of hydrazone groups is 1. The van der Waals surface area contributed by atoms with Crippen molar-refractivity contribution in [1.82, 2.24) is 9.99 Å². The molecule has 0 bridgehead atoms. The summed E-state index contributed by atoms with van der Waals surface area (Å²) in [6.07, 6.45) is 0.862. The van der Waals surface area contributed by atoms with Crippen molar-refractivity contribution in [3.63, 3.8) is 0 Å². The molecule has 0 fully saturated rings. The minimum Gasteiger partial charge on any atom is -0.273 e. The molecule has 6 heteroatoms. The average molecular weight is 516 g/mol. The van der Waals surface area contributed by atoms with Gasteiger partial charge in [0.1, 0.15) is 5.82 Å². The monoisotopic (exact) mass is 515 g/mol. The van der Waals surface area contributed by atoms with E-state index in [1.165, 1.54) is 12.1 Å². The van der Waals surface area contributed by atoms with E-state index in [1.807, 2.05) is 44.2 Å². The summed E-state index contributed by atoms with van der Waals surface area (Å²) in [5, 5.41) is 7.41. The predicted molar refractivity (Wildman–Crippen MR) is 137 cm³/mol. The van der Waals surface area contributed by atoms with Crippen LogP contribution in [0.15, 0.2) is 82.4 Å². The Kier molecular flexibility index (Phi) is 6.00. The fourth-order valence-corrected chi connectivity index (χ4v) is 4.97. The second kappa shape index (κ2) is 9.11. The van der Waals surface area contributed by atoms with Gasteiger partial charge >= 0.3 is 0 Å². The standard InChI is InChI=1S/C28H23BrFN3O/c1-3-26(34)33-25(18-9-12-21(30)13-10-18)16-24(32-33)27-17(2)31-23-14-11-20(29)15-22(23)28(27)19-7-5-4-6-8-19/h4-15,25H,3,16H2,1-2H3/t25-/m1/s1. The minimum atomic E-state index is -0.303. The molecule has 0 saturated carbocycles. The molecule has 1 aliphatic heterocycles. The number of hydrogen-bond acceptors (Lipinski definition) is 3. The molecule has 170 valence electrons. The predicted octanol–water partition coefficient (Wildman–Crippen LogP) is 7.20. The Balaban J connectivity index is 1.73. The molecule has 5 rings (SSSR count). The van der Waals surface area contributed by atoms with Gasteiger partial charge in [0.25, 0.3) is 0 Å². The zero-order chi connectivity index (χ0) is 23.8. The fourth-order valence-electron chi connectivity index (χ4n) is 4.61. The summed E-state index contributed by atoms with van der Waals surface area (Å²) in [6, 6.07) is 22.3. The van der Waals surface area contributed by atoms with Crippen LogP contribution >= 0.6 is 15.9 Å². The highest BCUT2D eigenvalue weighted by Gasteiger charge is 2.34. The van der Waals surface area contributed by atoms with E-state index in [4.69, 9.17) is 10.1 Å². The number of amides is 1. The van der Waals surface area contributed by atoms with Gasteiger partial charge in [-0.25, -0.2) is 9.40 Å². The number of rotatable bonds is 4. The van der Waals surface area contributed by atoms with Gasteiger partial charge in [-0.1, -0.05) is 65.3 Å². The first kappa shape index (κ1) is 22.4. The van der Waals surface area contributed by atoms with Crippen molar-refractivity contribution in [3.8, 4) is 11.1 Å². The van der Waals surface area contributed by atoms with Crippen molar-refractivity contribution in [1.29, 1.82) is 0 Å². The average Bonchev–Trinajstić information content (AvgIpc) is 3.29. The van der Waals surface area contributed by atoms with E-state index < -0.39 is 0 Å². The van der Waals surface area contributed by atoms with Crippen LogP contribution in [0.1, 0.15) is 42.6 Å². The normalized spacial score (nSPS) is 15.6. The Morgan fingerprint density at radius 1 is 1.06 bits per heavy atom. The smallest absolute Gasteiger partial charge is 0.242 e. The van der Waals surface area contributed by atoms with E-state index in [1.54, 1.807) is 17.1 Å². The van der Waals surface area contributed by atoms with E-state index in [9.17, 15) is 9.18 Å². The molecular formula is C28H23BrFN3O. The van der Waals surface area contributed by atoms with Gasteiger partial charge in [0.15, 0.2) is 0 Å². The van der Waals surface area contributed by atoms with Gasteiger partial charge in [-0.05, 0) is 48.4 Å². The molecule has 0 radical (unpaired) electrons. The molecule has 4 aromatic rings. The quantitative estimate of drug-likeness (QED) is 0.288. The van der Waals surface area contributed by atoms with Gasteiger partial charge < -0.3 is 0 Å². The molecular weight excluding hydrogens is 493 g/mol. The molecule has 0 N–H and O–H groups in total. The molecule has 0 unspecified atom stereocenters. The largest absolute Gasteiger partial charge is 0.273 e. The molecule has 1 aromatic heterocycles. The maximum Gasteiger partial charge on any atom is 0.242 e. The van der Waals surface area contributed by atoms with E-state index in [-0.39, 0.29) is 17.8 Å². The topological polar surface area (TPSA) is 45.6 Å². The van der Waals surface area contributed by atoms with Crippen molar-refractivity contribution in [2.24, 2.45) is 5.10 Å². The van der Waals surface area contributed by atoms with E-state index in [0.717, 1.165) is 49.0 Å². The summed E-state index contributed by atoms with van der Waals surface area (Å²) in [5.74, 6) is -0.373. The number of carbonyl (C=O) groups excluding carboxylic acids is 1. The molecule has 34 heavy (non-hydrogen) atoms. The Hall–Kier alpha value is -3.38. The maximum atomic E-state index is 13.6. The summed E-state index contributed by atoms with van der Waals surface area (Å²) in [4.78, 5) is 17.8. The van der Waals surface area contributed by atoms with Crippen molar-refractivity contribution in [2.75, 3.05) is 0 Å². The zero-order valence-corrected chi connectivity index (χ0v) is 20.5. The molecule has 1 aliphatic rings. The van der Waals surface area contributed by atoms with Crippen LogP contribution < -0.4 is 0 Å². The number of benzene rings is 3. The molecule has 3 aromatic carbocycles. The molecule has 2 heterocycles. The first-order valence-electron chi connectivity index (χ1n) is 11.3. The van der Waals surface area contributed by atoms with Gasteiger partial charge in [-0.2, -0.15) is 5.10 Å². The zero-order valence-electron chi connectivity index (χ0n) is 18.9. The minimum absolute atomic E-state index is 0.0697. The molecule has 0 aliphatic carbocycles. The Bertz CT molecular complexity index is 1420. The lowest BCUT2D eigenvalue weighted by atomic mass is 9.89. The van der Waals surface area contributed by atoms with Gasteiger partial charge in [-0.3, -0.25) is 9.78 Å². The third kappa shape index (κ3) is 4.03. The Morgan fingerprint density at radius 2 is 1.79 bits per heavy atom. The second-order valence-corrected chi connectivity index (χ2v) is 9.30. The van der Waals surface area contributed by atoms with Crippen molar-refractivity contribution in [3.05, 3.63) is 99.9 Å². The lowest BCUT2D eigenvalue weighted by Crippen LogP contribution is -2.26. The van der Waals surface area contributed by atoms with Crippen LogP contribution in [0.5, 0.6) is 0 Å². The van der Waals surface area contributed by atoms with Gasteiger partial charge in [0.2, 0.25) is 5.91 Å². The lowest BCUT2D eigenvalue weighted by molar-refractivity contribution is -0.132. The first-order valence-corrected chi connectivity index (χ1v) is 12.1. The number of fused-ring (bicyclic) bond motifs is 1. The Labute approximate surface area is 206 Å². The summed E-state index contributed by atoms with van der Waals surface area (Å²) in [5.41, 5.74) is 6.48. The number of nitrogens with zero attached hydrogens (tertiary/aromatic N) is 3. The summed E-state index contributed by atoms with van der Waals surface area (Å²) in [7, 11) is 0. The Morgan fingerprint density at radius 3 is 2.50 bits per heavy atom. The molecule has 0 spiro atoms. The number of aryl methyl sites for hydroxylation is 1. The fraction of sp³-hybridized carbons (Fsp3) is 0.179. The van der Waals surface area contributed by atoms with E-state index in [0.29, 0.717) is 12.8 Å². The molecule has 1 amide bonds. The van der Waals surface area contributed by atoms with Crippen LogP contribution in [-0.2, 0) is 4.79 Å². The molecule has 0 saturated heterocycles. The number of hydrogen-bond donors (Lipinski definition) is 0. The third-order valence-electron chi connectivity index (χ3n) is 6.20. The van der Waals surface area contributed by atoms with Crippen LogP contribution in [0.3, 0.4) is 0 Å². The van der Waals surface area contributed by atoms with Gasteiger partial charge in [0.05, 0.1) is 17.3 Å². The highest BCUT2D eigenvalue weighted by atomic mass is 79.9. The van der Waals surface area contributed by atoms with Crippen molar-refractivity contribution >= 4 is 38.5 Å². The van der Waals surface area contributed by atoms with Crippen molar-refractivity contribution < 1.29 is 9.18 Å². The summed E-state index contributed by atoms with van der Waals surface area (Å²) >= 11 is 3.61. The van der Waals surface area contributed by atoms with Crippen molar-refractivity contribution in [2.45, 2.75) is 32.7 Å². The highest BCUT2D eigenvalue weighted by molar-refractivity contribution is 9.10.